The molecule has 1 aromatic carbocycles. The molecule has 25 heavy (non-hydrogen) atoms. The lowest BCUT2D eigenvalue weighted by Crippen LogP contribution is -2.51. The predicted molar refractivity (Wildman–Crippen MR) is 105 cm³/mol. The minimum atomic E-state index is -0.119. The van der Waals surface area contributed by atoms with Crippen molar-refractivity contribution in [2.45, 2.75) is 19.5 Å². The van der Waals surface area contributed by atoms with E-state index in [4.69, 9.17) is 23.2 Å². The molecule has 134 valence electrons. The van der Waals surface area contributed by atoms with Gasteiger partial charge in [-0.2, -0.15) is 0 Å². The van der Waals surface area contributed by atoms with Gasteiger partial charge >= 0.3 is 6.03 Å². The molecule has 2 amide bonds. The summed E-state index contributed by atoms with van der Waals surface area (Å²) in [5.41, 5.74) is 0.944. The van der Waals surface area contributed by atoms with E-state index in [1.165, 1.54) is 4.88 Å². The van der Waals surface area contributed by atoms with E-state index in [1.54, 1.807) is 23.5 Å². The lowest BCUT2D eigenvalue weighted by molar-refractivity contribution is 0.134. The number of carbonyl (C=O) groups excluding carboxylic acids is 1. The van der Waals surface area contributed by atoms with Gasteiger partial charge in [0.05, 0.1) is 16.1 Å². The Morgan fingerprint density at radius 2 is 1.96 bits per heavy atom. The van der Waals surface area contributed by atoms with Crippen molar-refractivity contribution < 1.29 is 4.79 Å². The van der Waals surface area contributed by atoms with Crippen molar-refractivity contribution in [2.24, 2.45) is 0 Å². The highest BCUT2D eigenvalue weighted by molar-refractivity contribution is 7.09. The van der Waals surface area contributed by atoms with Crippen molar-refractivity contribution in [1.82, 2.24) is 15.1 Å². The quantitative estimate of drug-likeness (QED) is 0.814. The van der Waals surface area contributed by atoms with Crippen LogP contribution in [0.1, 0.15) is 23.4 Å². The van der Waals surface area contributed by atoms with Gasteiger partial charge in [0.25, 0.3) is 0 Å². The third-order valence-corrected chi connectivity index (χ3v) is 6.00. The Labute approximate surface area is 162 Å². The monoisotopic (exact) mass is 397 g/mol. The number of hydrogen-bond donors (Lipinski definition) is 1. The Morgan fingerprint density at radius 1 is 1.20 bits per heavy atom. The van der Waals surface area contributed by atoms with Crippen LogP contribution in [0.2, 0.25) is 10.0 Å². The summed E-state index contributed by atoms with van der Waals surface area (Å²) in [6.45, 7) is 6.19. The molecule has 0 radical (unpaired) electrons. The molecule has 1 aliphatic rings. The first-order valence-electron chi connectivity index (χ1n) is 8.28. The number of piperazine rings is 1. The number of rotatable bonds is 4. The minimum absolute atomic E-state index is 0.0330. The van der Waals surface area contributed by atoms with Gasteiger partial charge in [0.2, 0.25) is 0 Å². The minimum Gasteiger partial charge on any atom is -0.331 e. The number of thiophene rings is 1. The van der Waals surface area contributed by atoms with E-state index in [1.807, 2.05) is 17.9 Å². The molecule has 1 N–H and O–H groups in total. The zero-order valence-electron chi connectivity index (χ0n) is 14.0. The van der Waals surface area contributed by atoms with Crippen LogP contribution in [0, 0.1) is 0 Å². The fraction of sp³-hybridized carbons (Fsp3) is 0.389. The summed E-state index contributed by atoms with van der Waals surface area (Å²) in [5.74, 6) is 0. The molecular formula is C18H21Cl2N3OS. The van der Waals surface area contributed by atoms with Crippen molar-refractivity contribution in [3.8, 4) is 0 Å². The average Bonchev–Trinajstić information content (AvgIpc) is 3.11. The van der Waals surface area contributed by atoms with Crippen LogP contribution in [-0.4, -0.2) is 42.0 Å². The van der Waals surface area contributed by atoms with Crippen LogP contribution in [0.5, 0.6) is 0 Å². The van der Waals surface area contributed by atoms with E-state index in [0.717, 1.165) is 38.3 Å². The maximum absolute atomic E-state index is 12.5. The maximum Gasteiger partial charge on any atom is 0.317 e. The maximum atomic E-state index is 12.5. The van der Waals surface area contributed by atoms with Gasteiger partial charge in [-0.25, -0.2) is 4.79 Å². The molecule has 0 spiro atoms. The number of nitrogens with zero attached hydrogens (tertiary/aromatic N) is 2. The molecule has 4 nitrogen and oxygen atoms in total. The van der Waals surface area contributed by atoms with Gasteiger partial charge in [-0.05, 0) is 36.1 Å². The summed E-state index contributed by atoms with van der Waals surface area (Å²) in [5, 5.41) is 6.16. The average molecular weight is 398 g/mol. The topological polar surface area (TPSA) is 35.6 Å². The SMILES string of the molecule is CC(NC(=O)N1CCN(Cc2cccs2)CC1)c1ccc(Cl)c(Cl)c1. The second-order valence-electron chi connectivity index (χ2n) is 6.19. The standard InChI is InChI=1S/C18H21Cl2N3OS/c1-13(14-4-5-16(19)17(20)11-14)21-18(24)23-8-6-22(7-9-23)12-15-3-2-10-25-15/h2-5,10-11,13H,6-9,12H2,1H3,(H,21,24). The largest absolute Gasteiger partial charge is 0.331 e. The number of hydrogen-bond acceptors (Lipinski definition) is 3. The van der Waals surface area contributed by atoms with Crippen LogP contribution < -0.4 is 5.32 Å². The molecule has 0 aliphatic carbocycles. The van der Waals surface area contributed by atoms with Crippen LogP contribution in [0.3, 0.4) is 0 Å². The van der Waals surface area contributed by atoms with E-state index in [9.17, 15) is 4.79 Å². The van der Waals surface area contributed by atoms with Crippen molar-refractivity contribution in [2.75, 3.05) is 26.2 Å². The van der Waals surface area contributed by atoms with Crippen molar-refractivity contribution in [3.63, 3.8) is 0 Å². The van der Waals surface area contributed by atoms with Gasteiger partial charge in [-0.3, -0.25) is 4.90 Å². The fourth-order valence-electron chi connectivity index (χ4n) is 2.87. The molecule has 1 fully saturated rings. The number of benzene rings is 1. The second-order valence-corrected chi connectivity index (χ2v) is 8.03. The first kappa shape index (κ1) is 18.5. The van der Waals surface area contributed by atoms with Gasteiger partial charge in [0, 0.05) is 37.6 Å². The highest BCUT2D eigenvalue weighted by Crippen LogP contribution is 2.25. The van der Waals surface area contributed by atoms with Gasteiger partial charge in [-0.1, -0.05) is 35.3 Å². The van der Waals surface area contributed by atoms with Crippen LogP contribution in [0.15, 0.2) is 35.7 Å². The lowest BCUT2D eigenvalue weighted by Gasteiger charge is -2.35. The Balaban J connectivity index is 1.49. The zero-order valence-corrected chi connectivity index (χ0v) is 16.4. The molecule has 0 bridgehead atoms. The van der Waals surface area contributed by atoms with Gasteiger partial charge in [0.15, 0.2) is 0 Å². The highest BCUT2D eigenvalue weighted by atomic mass is 35.5. The van der Waals surface area contributed by atoms with E-state index in [2.05, 4.69) is 27.7 Å². The van der Waals surface area contributed by atoms with Crippen LogP contribution in [-0.2, 0) is 6.54 Å². The van der Waals surface area contributed by atoms with Gasteiger partial charge in [0.1, 0.15) is 0 Å². The van der Waals surface area contributed by atoms with Crippen LogP contribution in [0.4, 0.5) is 4.79 Å². The first-order chi connectivity index (χ1) is 12.0. The van der Waals surface area contributed by atoms with Gasteiger partial charge < -0.3 is 10.2 Å². The predicted octanol–water partition coefficient (Wildman–Crippen LogP) is 4.64. The number of nitrogens with one attached hydrogen (secondary N) is 1. The molecule has 1 atom stereocenters. The Hall–Kier alpha value is -1.27. The Kier molecular flexibility index (Phi) is 6.23. The summed E-state index contributed by atoms with van der Waals surface area (Å²) in [7, 11) is 0. The number of amides is 2. The highest BCUT2D eigenvalue weighted by Gasteiger charge is 2.22. The van der Waals surface area contributed by atoms with Crippen LogP contribution in [0.25, 0.3) is 0 Å². The molecule has 7 heteroatoms. The third kappa shape index (κ3) is 4.88. The first-order valence-corrected chi connectivity index (χ1v) is 9.91. The third-order valence-electron chi connectivity index (χ3n) is 4.40. The van der Waals surface area contributed by atoms with Crippen molar-refractivity contribution in [1.29, 1.82) is 0 Å². The number of halogens is 2. The molecule has 2 aromatic rings. The summed E-state index contributed by atoms with van der Waals surface area (Å²) >= 11 is 13.8. The fourth-order valence-corrected chi connectivity index (χ4v) is 3.93. The van der Waals surface area contributed by atoms with Crippen molar-refractivity contribution in [3.05, 3.63) is 56.2 Å². The van der Waals surface area contributed by atoms with E-state index >= 15 is 0 Å². The van der Waals surface area contributed by atoms with E-state index < -0.39 is 0 Å². The molecule has 1 unspecified atom stereocenters. The molecular weight excluding hydrogens is 377 g/mol. The smallest absolute Gasteiger partial charge is 0.317 e. The second kappa shape index (κ2) is 8.41. The molecule has 2 heterocycles. The summed E-state index contributed by atoms with van der Waals surface area (Å²) in [6.07, 6.45) is 0. The Morgan fingerprint density at radius 3 is 2.60 bits per heavy atom. The number of urea groups is 1. The summed E-state index contributed by atoms with van der Waals surface area (Å²) < 4.78 is 0. The Bertz CT molecular complexity index is 715. The van der Waals surface area contributed by atoms with Gasteiger partial charge in [-0.15, -0.1) is 11.3 Å². The molecule has 1 aliphatic heterocycles. The van der Waals surface area contributed by atoms with Crippen molar-refractivity contribution >= 4 is 40.6 Å². The summed E-state index contributed by atoms with van der Waals surface area (Å²) in [6, 6.07) is 9.52. The normalized spacial score (nSPS) is 16.7. The zero-order chi connectivity index (χ0) is 17.8. The van der Waals surface area contributed by atoms with Crippen LogP contribution >= 0.6 is 34.5 Å². The molecule has 0 saturated carbocycles. The molecule has 3 rings (SSSR count). The van der Waals surface area contributed by atoms with E-state index in [-0.39, 0.29) is 12.1 Å². The molecule has 1 aromatic heterocycles. The summed E-state index contributed by atoms with van der Waals surface area (Å²) in [4.78, 5) is 18.1. The lowest BCUT2D eigenvalue weighted by atomic mass is 10.1. The number of carbonyl (C=O) groups is 1. The molecule has 1 saturated heterocycles. The van der Waals surface area contributed by atoms with E-state index in [0.29, 0.717) is 10.0 Å².